The van der Waals surface area contributed by atoms with Crippen molar-refractivity contribution in [2.24, 2.45) is 5.73 Å². The zero-order chi connectivity index (χ0) is 15.3. The van der Waals surface area contributed by atoms with Crippen LogP contribution in [-0.4, -0.2) is 31.1 Å². The van der Waals surface area contributed by atoms with Crippen LogP contribution in [0.5, 0.6) is 0 Å². The number of primary amides is 1. The molecule has 0 radical (unpaired) electrons. The molecule has 4 heteroatoms. The van der Waals surface area contributed by atoms with Crippen LogP contribution in [0.3, 0.4) is 0 Å². The lowest BCUT2D eigenvalue weighted by Gasteiger charge is -2.32. The lowest BCUT2D eigenvalue weighted by atomic mass is 9.95. The summed E-state index contributed by atoms with van der Waals surface area (Å²) in [5.41, 5.74) is 7.29. The Labute approximate surface area is 122 Å². The second-order valence-electron chi connectivity index (χ2n) is 5.95. The lowest BCUT2D eigenvalue weighted by Crippen LogP contribution is -2.56. The Bertz CT molecular complexity index is 459. The van der Waals surface area contributed by atoms with Gasteiger partial charge in [0.1, 0.15) is 0 Å². The molecule has 0 fully saturated rings. The fourth-order valence-electron chi connectivity index (χ4n) is 2.41. The Morgan fingerprint density at radius 3 is 2.50 bits per heavy atom. The van der Waals surface area contributed by atoms with Gasteiger partial charge in [-0.25, -0.2) is 0 Å². The number of rotatable bonds is 7. The molecule has 1 aromatic carbocycles. The third kappa shape index (κ3) is 4.23. The van der Waals surface area contributed by atoms with Gasteiger partial charge >= 0.3 is 0 Å². The molecule has 0 saturated heterocycles. The summed E-state index contributed by atoms with van der Waals surface area (Å²) < 4.78 is 0. The van der Waals surface area contributed by atoms with Gasteiger partial charge in [-0.3, -0.25) is 4.79 Å². The fourth-order valence-corrected chi connectivity index (χ4v) is 2.41. The van der Waals surface area contributed by atoms with Crippen LogP contribution >= 0.6 is 0 Å². The average Bonchev–Trinajstić information content (AvgIpc) is 2.35. The maximum absolute atomic E-state index is 11.7. The molecule has 1 amide bonds. The van der Waals surface area contributed by atoms with Gasteiger partial charge in [0.05, 0.1) is 5.54 Å². The van der Waals surface area contributed by atoms with Crippen molar-refractivity contribution in [1.29, 1.82) is 0 Å². The third-order valence-corrected chi connectivity index (χ3v) is 3.62. The summed E-state index contributed by atoms with van der Waals surface area (Å²) in [6.45, 7) is 8.77. The van der Waals surface area contributed by atoms with Crippen LogP contribution < -0.4 is 16.0 Å². The number of nitrogens with zero attached hydrogens (tertiary/aromatic N) is 1. The molecule has 0 aliphatic heterocycles. The summed E-state index contributed by atoms with van der Waals surface area (Å²) in [6.07, 6.45) is 0.672. The van der Waals surface area contributed by atoms with Crippen LogP contribution in [-0.2, 0) is 4.79 Å². The first kappa shape index (κ1) is 16.5. The summed E-state index contributed by atoms with van der Waals surface area (Å²) in [5.74, 6) is -0.301. The number of hydrogen-bond acceptors (Lipinski definition) is 3. The van der Waals surface area contributed by atoms with E-state index >= 15 is 0 Å². The highest BCUT2D eigenvalue weighted by atomic mass is 16.1. The van der Waals surface area contributed by atoms with Gasteiger partial charge in [0.2, 0.25) is 5.91 Å². The number of carbonyl (C=O) groups excluding carboxylic acids is 1. The number of nitrogens with two attached hydrogens (primary N) is 1. The second-order valence-corrected chi connectivity index (χ2v) is 5.95. The van der Waals surface area contributed by atoms with Gasteiger partial charge in [0.15, 0.2) is 0 Å². The molecule has 20 heavy (non-hydrogen) atoms. The largest absolute Gasteiger partial charge is 0.374 e. The molecule has 112 valence electrons. The van der Waals surface area contributed by atoms with Crippen LogP contribution in [0.2, 0.25) is 0 Å². The molecule has 4 nitrogen and oxygen atoms in total. The predicted molar refractivity (Wildman–Crippen MR) is 84.9 cm³/mol. The maximum atomic E-state index is 11.7. The van der Waals surface area contributed by atoms with Gasteiger partial charge < -0.3 is 16.0 Å². The molecular weight excluding hydrogens is 250 g/mol. The Kier molecular flexibility index (Phi) is 5.57. The van der Waals surface area contributed by atoms with E-state index < -0.39 is 5.54 Å². The van der Waals surface area contributed by atoms with Gasteiger partial charge in [0, 0.05) is 25.3 Å². The Hall–Kier alpha value is -1.55. The van der Waals surface area contributed by atoms with E-state index in [9.17, 15) is 4.79 Å². The van der Waals surface area contributed by atoms with Crippen molar-refractivity contribution in [2.75, 3.05) is 18.5 Å². The van der Waals surface area contributed by atoms with E-state index in [0.29, 0.717) is 6.42 Å². The number of nitrogens with one attached hydrogen (secondary N) is 1. The first-order valence-electron chi connectivity index (χ1n) is 7.10. The smallest absolute Gasteiger partial charge is 0.237 e. The summed E-state index contributed by atoms with van der Waals surface area (Å²) in [5, 5.41) is 3.28. The highest BCUT2D eigenvalue weighted by Gasteiger charge is 2.31. The Morgan fingerprint density at radius 1 is 1.40 bits per heavy atom. The molecule has 1 unspecified atom stereocenters. The van der Waals surface area contributed by atoms with Gasteiger partial charge in [-0.05, 0) is 45.7 Å². The number of anilines is 1. The second kappa shape index (κ2) is 6.75. The highest BCUT2D eigenvalue weighted by molar-refractivity contribution is 5.84. The molecule has 3 N–H and O–H groups in total. The van der Waals surface area contributed by atoms with E-state index in [1.807, 2.05) is 40.0 Å². The molecule has 0 bridgehead atoms. The van der Waals surface area contributed by atoms with Crippen molar-refractivity contribution >= 4 is 11.6 Å². The maximum Gasteiger partial charge on any atom is 0.237 e. The molecule has 1 rings (SSSR count). The fraction of sp³-hybridized carbons (Fsp3) is 0.562. The SMILES string of the molecule is Cc1ccccc1N(C)CCC(C)(NC(C)C)C(N)=O. The van der Waals surface area contributed by atoms with Gasteiger partial charge in [-0.2, -0.15) is 0 Å². The topological polar surface area (TPSA) is 58.4 Å². The first-order valence-corrected chi connectivity index (χ1v) is 7.10. The molecule has 0 saturated carbocycles. The molecule has 0 aliphatic rings. The van der Waals surface area contributed by atoms with Crippen LogP contribution in [0, 0.1) is 6.92 Å². The summed E-state index contributed by atoms with van der Waals surface area (Å²) in [4.78, 5) is 13.9. The van der Waals surface area contributed by atoms with E-state index in [-0.39, 0.29) is 11.9 Å². The zero-order valence-electron chi connectivity index (χ0n) is 13.2. The van der Waals surface area contributed by atoms with Crippen molar-refractivity contribution < 1.29 is 4.79 Å². The van der Waals surface area contributed by atoms with Crippen LogP contribution in [0.1, 0.15) is 32.8 Å². The van der Waals surface area contributed by atoms with E-state index in [0.717, 1.165) is 6.54 Å². The van der Waals surface area contributed by atoms with E-state index in [2.05, 4.69) is 29.3 Å². The Morgan fingerprint density at radius 2 is 2.00 bits per heavy atom. The standard InChI is InChI=1S/C16H27N3O/c1-12(2)18-16(4,15(17)20)10-11-19(5)14-9-7-6-8-13(14)3/h6-9,12,18H,10-11H2,1-5H3,(H2,17,20). The number of para-hydroxylation sites is 1. The minimum Gasteiger partial charge on any atom is -0.374 e. The van der Waals surface area contributed by atoms with Gasteiger partial charge in [-0.1, -0.05) is 18.2 Å². The minimum atomic E-state index is -0.675. The summed E-state index contributed by atoms with van der Waals surface area (Å²) in [6, 6.07) is 8.45. The molecule has 0 aromatic heterocycles. The van der Waals surface area contributed by atoms with Crippen molar-refractivity contribution in [2.45, 2.75) is 45.7 Å². The number of amides is 1. The molecule has 1 aromatic rings. The Balaban J connectivity index is 2.73. The van der Waals surface area contributed by atoms with Gasteiger partial charge in [-0.15, -0.1) is 0 Å². The van der Waals surface area contributed by atoms with Crippen molar-refractivity contribution in [1.82, 2.24) is 5.32 Å². The van der Waals surface area contributed by atoms with Crippen LogP contribution in [0.4, 0.5) is 5.69 Å². The average molecular weight is 277 g/mol. The van der Waals surface area contributed by atoms with E-state index in [1.165, 1.54) is 11.3 Å². The van der Waals surface area contributed by atoms with Crippen LogP contribution in [0.15, 0.2) is 24.3 Å². The van der Waals surface area contributed by atoms with Crippen molar-refractivity contribution in [3.63, 3.8) is 0 Å². The summed E-state index contributed by atoms with van der Waals surface area (Å²) >= 11 is 0. The monoisotopic (exact) mass is 277 g/mol. The molecular formula is C16H27N3O. The normalized spacial score (nSPS) is 14.1. The zero-order valence-corrected chi connectivity index (χ0v) is 13.2. The van der Waals surface area contributed by atoms with Crippen LogP contribution in [0.25, 0.3) is 0 Å². The lowest BCUT2D eigenvalue weighted by molar-refractivity contribution is -0.124. The molecule has 0 spiro atoms. The molecule has 1 atom stereocenters. The van der Waals surface area contributed by atoms with Crippen molar-refractivity contribution in [3.05, 3.63) is 29.8 Å². The highest BCUT2D eigenvalue weighted by Crippen LogP contribution is 2.20. The number of benzene rings is 1. The predicted octanol–water partition coefficient (Wildman–Crippen LogP) is 2.06. The van der Waals surface area contributed by atoms with Gasteiger partial charge in [0.25, 0.3) is 0 Å². The number of hydrogen-bond donors (Lipinski definition) is 2. The minimum absolute atomic E-state index is 0.219. The molecule has 0 heterocycles. The quantitative estimate of drug-likeness (QED) is 0.802. The van der Waals surface area contributed by atoms with Crippen molar-refractivity contribution in [3.8, 4) is 0 Å². The van der Waals surface area contributed by atoms with E-state index in [4.69, 9.17) is 5.73 Å². The first-order chi connectivity index (χ1) is 9.26. The number of carbonyl (C=O) groups is 1. The summed E-state index contributed by atoms with van der Waals surface area (Å²) in [7, 11) is 2.04. The third-order valence-electron chi connectivity index (χ3n) is 3.62. The van der Waals surface area contributed by atoms with E-state index in [1.54, 1.807) is 0 Å². The number of aryl methyl sites for hydroxylation is 1. The molecule has 0 aliphatic carbocycles.